The van der Waals surface area contributed by atoms with E-state index in [1.807, 2.05) is 0 Å². The van der Waals surface area contributed by atoms with Gasteiger partial charge in [0.15, 0.2) is 8.32 Å². The molecule has 0 heterocycles. The number of nitriles is 1. The van der Waals surface area contributed by atoms with Crippen molar-refractivity contribution in [2.24, 2.45) is 0 Å². The summed E-state index contributed by atoms with van der Waals surface area (Å²) in [5.41, 5.74) is 0. The SMILES string of the molecule is CCO[Si](C)(C)CCCCCCCCSC#N. The first kappa shape index (κ1) is 17.0. The Hall–Kier alpha value is 0.0169. The van der Waals surface area contributed by atoms with E-state index in [9.17, 15) is 0 Å². The lowest BCUT2D eigenvalue weighted by Crippen LogP contribution is -2.29. The topological polar surface area (TPSA) is 33.0 Å². The van der Waals surface area contributed by atoms with Crippen molar-refractivity contribution in [2.45, 2.75) is 64.6 Å². The molecule has 17 heavy (non-hydrogen) atoms. The van der Waals surface area contributed by atoms with Crippen LogP contribution in [0.1, 0.15) is 45.4 Å². The minimum atomic E-state index is -1.33. The number of thiocyanates is 1. The summed E-state index contributed by atoms with van der Waals surface area (Å²) < 4.78 is 5.81. The maximum Gasteiger partial charge on any atom is 0.186 e. The molecular formula is C13H27NOSSi. The molecule has 0 atom stereocenters. The van der Waals surface area contributed by atoms with Crippen LogP contribution in [-0.4, -0.2) is 20.7 Å². The Bertz CT molecular complexity index is 216. The van der Waals surface area contributed by atoms with Crippen LogP contribution in [0.25, 0.3) is 0 Å². The average molecular weight is 274 g/mol. The van der Waals surface area contributed by atoms with Gasteiger partial charge in [-0.3, -0.25) is 0 Å². The van der Waals surface area contributed by atoms with Gasteiger partial charge in [0.2, 0.25) is 0 Å². The zero-order chi connectivity index (χ0) is 13.0. The average Bonchev–Trinajstić information content (AvgIpc) is 2.27. The predicted molar refractivity (Wildman–Crippen MR) is 79.7 cm³/mol. The summed E-state index contributed by atoms with van der Waals surface area (Å²) in [6.07, 6.45) is 7.80. The zero-order valence-corrected chi connectivity index (χ0v) is 13.4. The Kier molecular flexibility index (Phi) is 11.1. The molecule has 0 aliphatic heterocycles. The first-order chi connectivity index (χ1) is 8.12. The van der Waals surface area contributed by atoms with E-state index < -0.39 is 8.32 Å². The van der Waals surface area contributed by atoms with Gasteiger partial charge in [-0.1, -0.05) is 32.1 Å². The molecule has 0 amide bonds. The minimum absolute atomic E-state index is 0.871. The molecular weight excluding hydrogens is 246 g/mol. The van der Waals surface area contributed by atoms with Gasteiger partial charge >= 0.3 is 0 Å². The summed E-state index contributed by atoms with van der Waals surface area (Å²) >= 11 is 1.38. The van der Waals surface area contributed by atoms with Crippen LogP contribution in [0.2, 0.25) is 19.1 Å². The van der Waals surface area contributed by atoms with Crippen molar-refractivity contribution in [2.75, 3.05) is 12.4 Å². The Balaban J connectivity index is 3.21. The molecule has 0 fully saturated rings. The standard InChI is InChI=1S/C13H27NOSSi/c1-4-15-17(2,3)12-10-8-6-5-7-9-11-16-13-14/h4-12H2,1-3H3. The lowest BCUT2D eigenvalue weighted by Gasteiger charge is -2.21. The van der Waals surface area contributed by atoms with Crippen LogP contribution in [0.4, 0.5) is 0 Å². The monoisotopic (exact) mass is 273 g/mol. The highest BCUT2D eigenvalue weighted by atomic mass is 32.2. The van der Waals surface area contributed by atoms with Gasteiger partial charge in [-0.2, -0.15) is 5.26 Å². The quantitative estimate of drug-likeness (QED) is 0.308. The number of hydrogen-bond donors (Lipinski definition) is 0. The van der Waals surface area contributed by atoms with Gasteiger partial charge in [0.05, 0.1) is 0 Å². The highest BCUT2D eigenvalue weighted by Gasteiger charge is 2.20. The number of hydrogen-bond acceptors (Lipinski definition) is 3. The first-order valence-electron chi connectivity index (χ1n) is 6.77. The highest BCUT2D eigenvalue weighted by molar-refractivity contribution is 8.03. The molecule has 0 saturated carbocycles. The van der Waals surface area contributed by atoms with Gasteiger partial charge in [0.25, 0.3) is 0 Å². The largest absolute Gasteiger partial charge is 0.418 e. The lowest BCUT2D eigenvalue weighted by molar-refractivity contribution is 0.327. The summed E-state index contributed by atoms with van der Waals surface area (Å²) in [5.74, 6) is 1.00. The third-order valence-corrected chi connectivity index (χ3v) is 6.12. The molecule has 0 unspecified atom stereocenters. The summed E-state index contributed by atoms with van der Waals surface area (Å²) in [6.45, 7) is 7.59. The first-order valence-corrected chi connectivity index (χ1v) is 10.9. The lowest BCUT2D eigenvalue weighted by atomic mass is 10.1. The van der Waals surface area contributed by atoms with Crippen LogP contribution in [0.3, 0.4) is 0 Å². The molecule has 0 bridgehead atoms. The van der Waals surface area contributed by atoms with E-state index in [-0.39, 0.29) is 0 Å². The summed E-state index contributed by atoms with van der Waals surface area (Å²) in [7, 11) is -1.33. The summed E-state index contributed by atoms with van der Waals surface area (Å²) in [5, 5.41) is 10.5. The number of rotatable bonds is 11. The van der Waals surface area contributed by atoms with E-state index in [1.165, 1.54) is 56.3 Å². The molecule has 0 spiro atoms. The molecule has 0 aromatic rings. The smallest absolute Gasteiger partial charge is 0.186 e. The minimum Gasteiger partial charge on any atom is -0.418 e. The number of unbranched alkanes of at least 4 members (excludes halogenated alkanes) is 5. The second kappa shape index (κ2) is 11.1. The maximum absolute atomic E-state index is 8.36. The highest BCUT2D eigenvalue weighted by Crippen LogP contribution is 2.17. The molecule has 0 saturated heterocycles. The predicted octanol–water partition coefficient (Wildman–Crippen LogP) is 4.78. The summed E-state index contributed by atoms with van der Waals surface area (Å²) in [4.78, 5) is 0. The van der Waals surface area contributed by atoms with Crippen molar-refractivity contribution in [1.82, 2.24) is 0 Å². The third kappa shape index (κ3) is 12.3. The Labute approximate surface area is 112 Å². The van der Waals surface area contributed by atoms with Gasteiger partial charge in [-0.05, 0) is 44.2 Å². The maximum atomic E-state index is 8.36. The van der Waals surface area contributed by atoms with E-state index in [0.29, 0.717) is 0 Å². The van der Waals surface area contributed by atoms with Gasteiger partial charge in [-0.25, -0.2) is 0 Å². The fraction of sp³-hybridized carbons (Fsp3) is 0.923. The second-order valence-electron chi connectivity index (χ2n) is 5.00. The van der Waals surface area contributed by atoms with Crippen molar-refractivity contribution < 1.29 is 4.43 Å². The molecule has 0 radical (unpaired) electrons. The Morgan fingerprint density at radius 2 is 1.65 bits per heavy atom. The van der Waals surface area contributed by atoms with Crippen LogP contribution < -0.4 is 0 Å². The normalized spacial score (nSPS) is 11.4. The van der Waals surface area contributed by atoms with Crippen LogP contribution in [-0.2, 0) is 4.43 Å². The molecule has 0 aliphatic rings. The van der Waals surface area contributed by atoms with Gasteiger partial charge in [0.1, 0.15) is 5.40 Å². The van der Waals surface area contributed by atoms with Crippen molar-refractivity contribution in [3.63, 3.8) is 0 Å². The fourth-order valence-electron chi connectivity index (χ4n) is 1.94. The van der Waals surface area contributed by atoms with E-state index in [2.05, 4.69) is 25.4 Å². The van der Waals surface area contributed by atoms with Crippen LogP contribution >= 0.6 is 11.8 Å². The molecule has 0 aromatic heterocycles. The molecule has 0 aromatic carbocycles. The zero-order valence-electron chi connectivity index (χ0n) is 11.6. The van der Waals surface area contributed by atoms with E-state index in [0.717, 1.165) is 12.4 Å². The van der Waals surface area contributed by atoms with E-state index in [1.54, 1.807) is 0 Å². The Morgan fingerprint density at radius 1 is 1.06 bits per heavy atom. The molecule has 0 N–H and O–H groups in total. The fourth-order valence-corrected chi connectivity index (χ4v) is 4.41. The molecule has 0 aliphatic carbocycles. The van der Waals surface area contributed by atoms with Crippen LogP contribution in [0.15, 0.2) is 0 Å². The van der Waals surface area contributed by atoms with E-state index >= 15 is 0 Å². The summed E-state index contributed by atoms with van der Waals surface area (Å²) in [6, 6.07) is 1.30. The van der Waals surface area contributed by atoms with Gasteiger partial charge < -0.3 is 4.43 Å². The van der Waals surface area contributed by atoms with Crippen molar-refractivity contribution in [3.05, 3.63) is 0 Å². The van der Waals surface area contributed by atoms with Gasteiger partial charge in [0, 0.05) is 12.4 Å². The van der Waals surface area contributed by atoms with Crippen molar-refractivity contribution in [1.29, 1.82) is 5.26 Å². The molecule has 4 heteroatoms. The molecule has 100 valence electrons. The third-order valence-electron chi connectivity index (χ3n) is 2.87. The molecule has 0 rings (SSSR count). The second-order valence-corrected chi connectivity index (χ2v) is 10.2. The van der Waals surface area contributed by atoms with Crippen LogP contribution in [0, 0.1) is 10.7 Å². The number of thioether (sulfide) groups is 1. The van der Waals surface area contributed by atoms with Crippen molar-refractivity contribution >= 4 is 20.1 Å². The van der Waals surface area contributed by atoms with Crippen LogP contribution in [0.5, 0.6) is 0 Å². The van der Waals surface area contributed by atoms with E-state index in [4.69, 9.17) is 9.69 Å². The molecule has 2 nitrogen and oxygen atoms in total. The van der Waals surface area contributed by atoms with Gasteiger partial charge in [-0.15, -0.1) is 0 Å². The van der Waals surface area contributed by atoms with Crippen molar-refractivity contribution in [3.8, 4) is 5.40 Å². The number of nitrogens with zero attached hydrogens (tertiary/aromatic N) is 1. The Morgan fingerprint density at radius 3 is 2.24 bits per heavy atom.